The summed E-state index contributed by atoms with van der Waals surface area (Å²) in [5, 5.41) is 11.4. The van der Waals surface area contributed by atoms with Gasteiger partial charge in [0.25, 0.3) is 5.78 Å². The maximum Gasteiger partial charge on any atom is 0.301 e. The number of Topliss-reactive ketones (excluding diaryl/α,β-unsaturated/α-hetero) is 1. The van der Waals surface area contributed by atoms with Crippen LogP contribution in [0, 0.1) is 12.7 Å². The van der Waals surface area contributed by atoms with Crippen molar-refractivity contribution >= 4 is 44.1 Å². The monoisotopic (exact) mass is 488 g/mol. The molecule has 8 heteroatoms. The zero-order valence-electron chi connectivity index (χ0n) is 19.0. The van der Waals surface area contributed by atoms with Gasteiger partial charge in [-0.05, 0) is 61.9 Å². The molecule has 1 atom stereocenters. The number of aliphatic hydroxyl groups is 1. The molecule has 35 heavy (non-hydrogen) atoms. The molecular formula is C27H21FN2O4S. The number of aliphatic hydroxyl groups excluding tert-OH is 1. The zero-order valence-corrected chi connectivity index (χ0v) is 19.8. The van der Waals surface area contributed by atoms with Crippen molar-refractivity contribution in [1.29, 1.82) is 0 Å². The van der Waals surface area contributed by atoms with Gasteiger partial charge in [0.15, 0.2) is 5.13 Å². The number of ether oxygens (including phenoxy) is 1. The second-order valence-electron chi connectivity index (χ2n) is 8.15. The lowest BCUT2D eigenvalue weighted by Gasteiger charge is -2.23. The van der Waals surface area contributed by atoms with Gasteiger partial charge in [-0.2, -0.15) is 0 Å². The van der Waals surface area contributed by atoms with Crippen LogP contribution in [0.15, 0.2) is 72.3 Å². The van der Waals surface area contributed by atoms with Gasteiger partial charge in [0.1, 0.15) is 17.3 Å². The van der Waals surface area contributed by atoms with E-state index in [1.807, 2.05) is 44.2 Å². The molecule has 5 rings (SSSR count). The van der Waals surface area contributed by atoms with Crippen molar-refractivity contribution in [2.45, 2.75) is 19.9 Å². The van der Waals surface area contributed by atoms with Crippen LogP contribution in [0.1, 0.15) is 29.7 Å². The smallest absolute Gasteiger partial charge is 0.301 e. The quantitative estimate of drug-likeness (QED) is 0.219. The summed E-state index contributed by atoms with van der Waals surface area (Å²) in [5.41, 5.74) is 2.49. The maximum absolute atomic E-state index is 13.5. The van der Waals surface area contributed by atoms with E-state index in [1.165, 1.54) is 40.5 Å². The molecule has 1 aliphatic heterocycles. The molecule has 0 unspecified atom stereocenters. The topological polar surface area (TPSA) is 79.7 Å². The SMILES string of the molecule is CCOc1ccc2nc(N3C(=O)C(=O)/C(=C(/O)c4ccc(F)cc4)[C@@H]3c3ccc(C)cc3)sc2c1. The van der Waals surface area contributed by atoms with E-state index in [9.17, 15) is 19.1 Å². The molecule has 176 valence electrons. The number of halogens is 1. The number of hydrogen-bond donors (Lipinski definition) is 1. The molecule has 0 saturated carbocycles. The summed E-state index contributed by atoms with van der Waals surface area (Å²) in [4.78, 5) is 32.5. The Morgan fingerprint density at radius 2 is 1.80 bits per heavy atom. The van der Waals surface area contributed by atoms with Crippen molar-refractivity contribution in [1.82, 2.24) is 4.98 Å². The van der Waals surface area contributed by atoms with Crippen LogP contribution in [-0.2, 0) is 9.59 Å². The predicted molar refractivity (Wildman–Crippen MR) is 133 cm³/mol. The number of rotatable bonds is 5. The molecule has 1 aliphatic rings. The number of nitrogens with zero attached hydrogens (tertiary/aromatic N) is 2. The highest BCUT2D eigenvalue weighted by Crippen LogP contribution is 2.44. The highest BCUT2D eigenvalue weighted by Gasteiger charge is 2.48. The fourth-order valence-electron chi connectivity index (χ4n) is 4.11. The second kappa shape index (κ2) is 8.96. The Balaban J connectivity index is 1.69. The minimum atomic E-state index is -0.896. The van der Waals surface area contributed by atoms with Crippen molar-refractivity contribution in [2.75, 3.05) is 11.5 Å². The first-order valence-corrected chi connectivity index (χ1v) is 11.9. The number of carbonyl (C=O) groups excluding carboxylic acids is 2. The van der Waals surface area contributed by atoms with Gasteiger partial charge in [-0.15, -0.1) is 0 Å². The predicted octanol–water partition coefficient (Wildman–Crippen LogP) is 5.77. The van der Waals surface area contributed by atoms with Crippen molar-refractivity contribution in [2.24, 2.45) is 0 Å². The van der Waals surface area contributed by atoms with E-state index in [4.69, 9.17) is 4.74 Å². The summed E-state index contributed by atoms with van der Waals surface area (Å²) in [7, 11) is 0. The number of anilines is 1. The molecule has 1 fully saturated rings. The number of aromatic nitrogens is 1. The summed E-state index contributed by atoms with van der Waals surface area (Å²) in [6.45, 7) is 4.34. The zero-order chi connectivity index (χ0) is 24.7. The van der Waals surface area contributed by atoms with Crippen LogP contribution >= 0.6 is 11.3 Å². The highest BCUT2D eigenvalue weighted by atomic mass is 32.1. The van der Waals surface area contributed by atoms with E-state index in [2.05, 4.69) is 4.98 Å². The Kier molecular flexibility index (Phi) is 5.82. The molecule has 0 aliphatic carbocycles. The third-order valence-electron chi connectivity index (χ3n) is 5.82. The molecule has 4 aromatic rings. The largest absolute Gasteiger partial charge is 0.507 e. The molecule has 0 bridgehead atoms. The lowest BCUT2D eigenvalue weighted by atomic mass is 9.95. The van der Waals surface area contributed by atoms with E-state index >= 15 is 0 Å². The van der Waals surface area contributed by atoms with E-state index in [0.717, 1.165) is 10.3 Å². The number of hydrogen-bond acceptors (Lipinski definition) is 6. The van der Waals surface area contributed by atoms with E-state index in [-0.39, 0.29) is 16.9 Å². The Morgan fingerprint density at radius 1 is 1.09 bits per heavy atom. The van der Waals surface area contributed by atoms with Gasteiger partial charge in [0, 0.05) is 5.56 Å². The number of benzene rings is 3. The maximum atomic E-state index is 13.5. The van der Waals surface area contributed by atoms with Gasteiger partial charge in [-0.3, -0.25) is 14.5 Å². The third-order valence-corrected chi connectivity index (χ3v) is 6.84. The lowest BCUT2D eigenvalue weighted by molar-refractivity contribution is -0.132. The van der Waals surface area contributed by atoms with Crippen LogP contribution in [0.25, 0.3) is 16.0 Å². The van der Waals surface area contributed by atoms with E-state index in [0.29, 0.717) is 28.6 Å². The van der Waals surface area contributed by atoms with Crippen LogP contribution in [0.2, 0.25) is 0 Å². The van der Waals surface area contributed by atoms with Crippen LogP contribution in [0.5, 0.6) is 5.75 Å². The van der Waals surface area contributed by atoms with Gasteiger partial charge >= 0.3 is 5.91 Å². The molecule has 1 amide bonds. The molecular weight excluding hydrogens is 467 g/mol. The molecule has 3 aromatic carbocycles. The van der Waals surface area contributed by atoms with E-state index in [1.54, 1.807) is 12.1 Å². The summed E-state index contributed by atoms with van der Waals surface area (Å²) < 4.78 is 19.8. The Morgan fingerprint density at radius 3 is 2.49 bits per heavy atom. The Labute approximate surface area is 204 Å². The van der Waals surface area contributed by atoms with Crippen molar-refractivity contribution in [3.8, 4) is 5.75 Å². The third kappa shape index (κ3) is 4.06. The molecule has 1 aromatic heterocycles. The Hall–Kier alpha value is -4.04. The molecule has 0 radical (unpaired) electrons. The molecule has 2 heterocycles. The summed E-state index contributed by atoms with van der Waals surface area (Å²) in [6, 6.07) is 17.1. The number of carbonyl (C=O) groups is 2. The van der Waals surface area contributed by atoms with Gasteiger partial charge in [0.05, 0.1) is 28.4 Å². The van der Waals surface area contributed by atoms with Crippen LogP contribution in [-0.4, -0.2) is 28.4 Å². The summed E-state index contributed by atoms with van der Waals surface area (Å²) in [6.07, 6.45) is 0. The first-order valence-electron chi connectivity index (χ1n) is 11.0. The first kappa shape index (κ1) is 22.7. The minimum Gasteiger partial charge on any atom is -0.507 e. The lowest BCUT2D eigenvalue weighted by Crippen LogP contribution is -2.29. The number of amides is 1. The summed E-state index contributed by atoms with van der Waals surface area (Å²) in [5.74, 6) is -1.77. The number of fused-ring (bicyclic) bond motifs is 1. The number of ketones is 1. The molecule has 6 nitrogen and oxygen atoms in total. The van der Waals surface area contributed by atoms with Crippen molar-refractivity contribution in [3.63, 3.8) is 0 Å². The Bertz CT molecular complexity index is 1480. The van der Waals surface area contributed by atoms with Gasteiger partial charge in [0.2, 0.25) is 0 Å². The van der Waals surface area contributed by atoms with Crippen molar-refractivity contribution < 1.29 is 23.8 Å². The minimum absolute atomic E-state index is 0.0697. The fraction of sp³-hybridized carbons (Fsp3) is 0.148. The average molecular weight is 489 g/mol. The van der Waals surface area contributed by atoms with E-state index < -0.39 is 23.5 Å². The molecule has 1 N–H and O–H groups in total. The highest BCUT2D eigenvalue weighted by molar-refractivity contribution is 7.22. The van der Waals surface area contributed by atoms with Gasteiger partial charge in [-0.25, -0.2) is 9.37 Å². The second-order valence-corrected chi connectivity index (χ2v) is 9.15. The standard InChI is InChI=1S/C27H21FN2O4S/c1-3-34-19-12-13-20-21(14-19)35-27(29-20)30-23(16-6-4-15(2)5-7-16)22(25(32)26(30)33)24(31)17-8-10-18(28)11-9-17/h4-14,23,31H,3H2,1-2H3/b24-22+/t23-/m0/s1. The van der Waals surface area contributed by atoms with Crippen LogP contribution in [0.3, 0.4) is 0 Å². The summed E-state index contributed by atoms with van der Waals surface area (Å²) >= 11 is 1.26. The van der Waals surface area contributed by atoms with Crippen LogP contribution in [0.4, 0.5) is 9.52 Å². The van der Waals surface area contributed by atoms with Crippen LogP contribution < -0.4 is 9.64 Å². The fourth-order valence-corrected chi connectivity index (χ4v) is 5.13. The van der Waals surface area contributed by atoms with Gasteiger partial charge < -0.3 is 9.84 Å². The first-order chi connectivity index (χ1) is 16.9. The molecule has 1 saturated heterocycles. The van der Waals surface area contributed by atoms with Crippen molar-refractivity contribution in [3.05, 3.63) is 94.8 Å². The number of thiazole rings is 1. The van der Waals surface area contributed by atoms with Gasteiger partial charge in [-0.1, -0.05) is 41.2 Å². The normalized spacial score (nSPS) is 17.3. The number of aryl methyl sites for hydroxylation is 1. The molecule has 0 spiro atoms. The average Bonchev–Trinajstić information content (AvgIpc) is 3.38.